The second-order valence-corrected chi connectivity index (χ2v) is 3.67. The van der Waals surface area contributed by atoms with E-state index in [1.165, 1.54) is 5.56 Å². The van der Waals surface area contributed by atoms with Gasteiger partial charge >= 0.3 is 0 Å². The lowest BCUT2D eigenvalue weighted by Crippen LogP contribution is -2.21. The average molecular weight is 203 g/mol. The number of ether oxygens (including phenoxy) is 1. The van der Waals surface area contributed by atoms with Crippen molar-refractivity contribution in [3.8, 4) is 18.1 Å². The van der Waals surface area contributed by atoms with Crippen molar-refractivity contribution in [2.45, 2.75) is 26.4 Å². The van der Waals surface area contributed by atoms with E-state index in [1.807, 2.05) is 24.3 Å². The Labute approximate surface area is 91.6 Å². The molecule has 2 heteroatoms. The number of nitrogens with one attached hydrogen (secondary N) is 1. The van der Waals surface area contributed by atoms with Crippen LogP contribution >= 0.6 is 0 Å². The number of terminal acetylenes is 1. The molecule has 0 fully saturated rings. The molecule has 0 unspecified atom stereocenters. The van der Waals surface area contributed by atoms with E-state index in [-0.39, 0.29) is 0 Å². The molecule has 1 rings (SSSR count). The summed E-state index contributed by atoms with van der Waals surface area (Å²) in [5.74, 6) is 3.26. The predicted molar refractivity (Wildman–Crippen MR) is 62.7 cm³/mol. The van der Waals surface area contributed by atoms with Gasteiger partial charge in [0, 0.05) is 12.6 Å². The molecule has 1 aromatic rings. The lowest BCUT2D eigenvalue weighted by atomic mass is 10.2. The summed E-state index contributed by atoms with van der Waals surface area (Å²) in [6, 6.07) is 8.47. The lowest BCUT2D eigenvalue weighted by Gasteiger charge is -2.08. The third-order valence-corrected chi connectivity index (χ3v) is 1.96. The third-order valence-electron chi connectivity index (χ3n) is 1.96. The van der Waals surface area contributed by atoms with E-state index in [9.17, 15) is 0 Å². The largest absolute Gasteiger partial charge is 0.481 e. The zero-order valence-corrected chi connectivity index (χ0v) is 9.29. The number of hydrogen-bond donors (Lipinski definition) is 1. The van der Waals surface area contributed by atoms with Gasteiger partial charge in [0.15, 0.2) is 0 Å². The van der Waals surface area contributed by atoms with Gasteiger partial charge in [-0.1, -0.05) is 31.9 Å². The Bertz CT molecular complexity index is 321. The van der Waals surface area contributed by atoms with Crippen LogP contribution in [0.15, 0.2) is 24.3 Å². The molecule has 0 aliphatic heterocycles. The van der Waals surface area contributed by atoms with Crippen LogP contribution in [0.4, 0.5) is 0 Å². The predicted octanol–water partition coefficient (Wildman–Crippen LogP) is 2.20. The van der Waals surface area contributed by atoms with Crippen molar-refractivity contribution >= 4 is 0 Å². The molecule has 0 aliphatic carbocycles. The van der Waals surface area contributed by atoms with Crippen molar-refractivity contribution in [2.75, 3.05) is 6.61 Å². The highest BCUT2D eigenvalue weighted by molar-refractivity contribution is 5.27. The maximum Gasteiger partial charge on any atom is 0.148 e. The highest BCUT2D eigenvalue weighted by Crippen LogP contribution is 2.11. The zero-order valence-electron chi connectivity index (χ0n) is 9.29. The average Bonchev–Trinajstić information content (AvgIpc) is 2.25. The molecular weight excluding hydrogens is 186 g/mol. The second kappa shape index (κ2) is 6.10. The smallest absolute Gasteiger partial charge is 0.148 e. The molecule has 15 heavy (non-hydrogen) atoms. The molecule has 0 radical (unpaired) electrons. The topological polar surface area (TPSA) is 21.3 Å². The van der Waals surface area contributed by atoms with Gasteiger partial charge in [0.05, 0.1) is 0 Å². The van der Waals surface area contributed by atoms with Crippen LogP contribution in [0.25, 0.3) is 0 Å². The molecule has 0 aliphatic rings. The third kappa shape index (κ3) is 4.53. The summed E-state index contributed by atoms with van der Waals surface area (Å²) in [6.07, 6.45) is 5.10. The quantitative estimate of drug-likeness (QED) is 0.741. The standard InChI is InChI=1S/C13H17NO/c1-4-9-15-13-7-5-12(6-8-13)10-14-11(2)3/h1,5-8,11,14H,9-10H2,2-3H3. The van der Waals surface area contributed by atoms with Crippen LogP contribution in [0.5, 0.6) is 5.75 Å². The van der Waals surface area contributed by atoms with E-state index in [4.69, 9.17) is 11.2 Å². The first kappa shape index (κ1) is 11.6. The SMILES string of the molecule is C#CCOc1ccc(CNC(C)C)cc1. The van der Waals surface area contributed by atoms with Crippen LogP contribution in [0.2, 0.25) is 0 Å². The Morgan fingerprint density at radius 1 is 1.33 bits per heavy atom. The molecule has 0 saturated heterocycles. The molecule has 1 aromatic carbocycles. The van der Waals surface area contributed by atoms with Gasteiger partial charge in [-0.05, 0) is 17.7 Å². The van der Waals surface area contributed by atoms with Crippen LogP contribution in [0.1, 0.15) is 19.4 Å². The fourth-order valence-electron chi connectivity index (χ4n) is 1.15. The molecule has 0 heterocycles. The van der Waals surface area contributed by atoms with E-state index in [1.54, 1.807) is 0 Å². The Kier molecular flexibility index (Phi) is 4.73. The fraction of sp³-hybridized carbons (Fsp3) is 0.385. The van der Waals surface area contributed by atoms with Crippen molar-refractivity contribution in [1.29, 1.82) is 0 Å². The minimum absolute atomic E-state index is 0.323. The minimum atomic E-state index is 0.323. The Morgan fingerprint density at radius 3 is 2.53 bits per heavy atom. The van der Waals surface area contributed by atoms with Crippen LogP contribution in [0.3, 0.4) is 0 Å². The van der Waals surface area contributed by atoms with Crippen molar-refractivity contribution < 1.29 is 4.74 Å². The first-order valence-corrected chi connectivity index (χ1v) is 5.11. The Balaban J connectivity index is 2.46. The van der Waals surface area contributed by atoms with Gasteiger partial charge in [0.1, 0.15) is 12.4 Å². The fourth-order valence-corrected chi connectivity index (χ4v) is 1.15. The lowest BCUT2D eigenvalue weighted by molar-refractivity contribution is 0.370. The molecular formula is C13H17NO. The van der Waals surface area contributed by atoms with E-state index in [0.29, 0.717) is 12.6 Å². The number of rotatable bonds is 5. The summed E-state index contributed by atoms with van der Waals surface area (Å²) in [6.45, 7) is 5.46. The summed E-state index contributed by atoms with van der Waals surface area (Å²) in [7, 11) is 0. The Hall–Kier alpha value is -1.46. The van der Waals surface area contributed by atoms with Gasteiger partial charge in [-0.25, -0.2) is 0 Å². The number of hydrogen-bond acceptors (Lipinski definition) is 2. The minimum Gasteiger partial charge on any atom is -0.481 e. The van der Waals surface area contributed by atoms with E-state index in [2.05, 4.69) is 25.1 Å². The summed E-state index contributed by atoms with van der Waals surface area (Å²) in [5.41, 5.74) is 1.25. The van der Waals surface area contributed by atoms with Crippen LogP contribution in [-0.2, 0) is 6.54 Å². The molecule has 80 valence electrons. The first-order chi connectivity index (χ1) is 7.22. The highest BCUT2D eigenvalue weighted by Gasteiger charge is 1.96. The van der Waals surface area contributed by atoms with Crippen molar-refractivity contribution in [1.82, 2.24) is 5.32 Å². The summed E-state index contributed by atoms with van der Waals surface area (Å²) >= 11 is 0. The van der Waals surface area contributed by atoms with Crippen LogP contribution < -0.4 is 10.1 Å². The van der Waals surface area contributed by atoms with Gasteiger partial charge < -0.3 is 10.1 Å². The Morgan fingerprint density at radius 2 is 2.00 bits per heavy atom. The first-order valence-electron chi connectivity index (χ1n) is 5.11. The summed E-state index contributed by atoms with van der Waals surface area (Å²) in [4.78, 5) is 0. The molecule has 1 N–H and O–H groups in total. The normalized spacial score (nSPS) is 10.0. The summed E-state index contributed by atoms with van der Waals surface area (Å²) < 4.78 is 5.28. The van der Waals surface area contributed by atoms with Crippen LogP contribution in [-0.4, -0.2) is 12.6 Å². The van der Waals surface area contributed by atoms with Crippen molar-refractivity contribution in [2.24, 2.45) is 0 Å². The van der Waals surface area contributed by atoms with E-state index in [0.717, 1.165) is 12.3 Å². The molecule has 0 spiro atoms. The number of benzene rings is 1. The van der Waals surface area contributed by atoms with Crippen molar-refractivity contribution in [3.63, 3.8) is 0 Å². The van der Waals surface area contributed by atoms with Gasteiger partial charge in [-0.2, -0.15) is 0 Å². The van der Waals surface area contributed by atoms with Crippen LogP contribution in [0, 0.1) is 12.3 Å². The second-order valence-electron chi connectivity index (χ2n) is 3.67. The van der Waals surface area contributed by atoms with Gasteiger partial charge in [-0.3, -0.25) is 0 Å². The molecule has 0 bridgehead atoms. The van der Waals surface area contributed by atoms with Gasteiger partial charge in [0.2, 0.25) is 0 Å². The maximum absolute atomic E-state index is 5.28. The zero-order chi connectivity index (χ0) is 11.1. The molecule has 0 amide bonds. The van der Waals surface area contributed by atoms with Gasteiger partial charge in [0.25, 0.3) is 0 Å². The monoisotopic (exact) mass is 203 g/mol. The maximum atomic E-state index is 5.28. The molecule has 2 nitrogen and oxygen atoms in total. The molecule has 0 aromatic heterocycles. The van der Waals surface area contributed by atoms with Crippen molar-refractivity contribution in [3.05, 3.63) is 29.8 Å². The van der Waals surface area contributed by atoms with Gasteiger partial charge in [-0.15, -0.1) is 6.42 Å². The summed E-state index contributed by atoms with van der Waals surface area (Å²) in [5, 5.41) is 3.35. The van der Waals surface area contributed by atoms with E-state index >= 15 is 0 Å². The molecule has 0 atom stereocenters. The van der Waals surface area contributed by atoms with E-state index < -0.39 is 0 Å². The molecule has 0 saturated carbocycles. The highest BCUT2D eigenvalue weighted by atomic mass is 16.5.